The van der Waals surface area contributed by atoms with Gasteiger partial charge < -0.3 is 14.8 Å². The molecule has 0 saturated carbocycles. The molecule has 0 aliphatic heterocycles. The highest BCUT2D eigenvalue weighted by Gasteiger charge is 2.18. The Labute approximate surface area is 164 Å². The molecule has 8 nitrogen and oxygen atoms in total. The average molecular weight is 390 g/mol. The van der Waals surface area contributed by atoms with Gasteiger partial charge in [0.25, 0.3) is 5.56 Å². The van der Waals surface area contributed by atoms with Crippen LogP contribution in [-0.4, -0.2) is 20.1 Å². The van der Waals surface area contributed by atoms with E-state index in [1.165, 1.54) is 18.3 Å². The minimum Gasteiger partial charge on any atom is -0.507 e. The van der Waals surface area contributed by atoms with Crippen LogP contribution in [0.5, 0.6) is 5.75 Å². The van der Waals surface area contributed by atoms with Crippen molar-refractivity contribution in [3.05, 3.63) is 74.2 Å². The van der Waals surface area contributed by atoms with Crippen LogP contribution in [0.2, 0.25) is 0 Å². The number of rotatable bonds is 3. The number of aromatic amines is 1. The summed E-state index contributed by atoms with van der Waals surface area (Å²) in [4.78, 5) is 36.3. The highest BCUT2D eigenvalue weighted by Crippen LogP contribution is 2.30. The van der Waals surface area contributed by atoms with Crippen LogP contribution in [0.3, 0.4) is 0 Å². The maximum absolute atomic E-state index is 12.8. The molecule has 3 N–H and O–H groups in total. The first kappa shape index (κ1) is 18.4. The minimum atomic E-state index is -0.744. The van der Waals surface area contributed by atoms with Gasteiger partial charge in [-0.2, -0.15) is 4.98 Å². The molecule has 0 saturated heterocycles. The van der Waals surface area contributed by atoms with Crippen molar-refractivity contribution in [1.82, 2.24) is 15.0 Å². The topological polar surface area (TPSA) is 121 Å². The second-order valence-electron chi connectivity index (χ2n) is 6.82. The van der Waals surface area contributed by atoms with Gasteiger partial charge in [0.2, 0.25) is 5.95 Å². The molecule has 4 rings (SSSR count). The van der Waals surface area contributed by atoms with Crippen LogP contribution in [0.4, 0.5) is 11.6 Å². The monoisotopic (exact) mass is 390 g/mol. The number of nitrogens with zero attached hydrogens (tertiary/aromatic N) is 2. The summed E-state index contributed by atoms with van der Waals surface area (Å²) in [6.45, 7) is 5.49. The lowest BCUT2D eigenvalue weighted by Gasteiger charge is -2.11. The minimum absolute atomic E-state index is 0.0881. The Bertz CT molecular complexity index is 1370. The fraction of sp³-hybridized carbons (Fsp3) is 0.143. The summed E-state index contributed by atoms with van der Waals surface area (Å²) >= 11 is 0. The number of aromatic hydroxyl groups is 1. The highest BCUT2D eigenvalue weighted by atomic mass is 16.4. The summed E-state index contributed by atoms with van der Waals surface area (Å²) in [5.41, 5.74) is 1.91. The average Bonchev–Trinajstić information content (AvgIpc) is 2.63. The molecule has 4 aromatic rings. The third-order valence-electron chi connectivity index (χ3n) is 4.57. The number of hydrogen-bond donors (Lipinski definition) is 3. The maximum Gasteiger partial charge on any atom is 0.347 e. The van der Waals surface area contributed by atoms with Gasteiger partial charge in [-0.3, -0.25) is 9.78 Å². The van der Waals surface area contributed by atoms with Crippen LogP contribution < -0.4 is 16.5 Å². The predicted octanol–water partition coefficient (Wildman–Crippen LogP) is 3.31. The van der Waals surface area contributed by atoms with Gasteiger partial charge in [-0.25, -0.2) is 9.78 Å². The molecular formula is C21H18N4O4. The second-order valence-corrected chi connectivity index (χ2v) is 6.82. The van der Waals surface area contributed by atoms with E-state index in [2.05, 4.69) is 20.3 Å². The summed E-state index contributed by atoms with van der Waals surface area (Å²) in [7, 11) is 0. The van der Waals surface area contributed by atoms with Gasteiger partial charge in [-0.1, -0.05) is 17.7 Å². The largest absolute Gasteiger partial charge is 0.507 e. The molecular weight excluding hydrogens is 372 g/mol. The summed E-state index contributed by atoms with van der Waals surface area (Å²) in [5.74, 6) is 0.212. The number of anilines is 2. The molecule has 29 heavy (non-hydrogen) atoms. The SMILES string of the molecule is Cc1ccc(Nc2nc3nccc(-c4c(O)cc(C)oc4=O)c3c(=O)[nH]2)c(C)c1. The van der Waals surface area contributed by atoms with E-state index < -0.39 is 11.2 Å². The van der Waals surface area contributed by atoms with Crippen molar-refractivity contribution in [2.45, 2.75) is 20.8 Å². The molecule has 0 fully saturated rings. The van der Waals surface area contributed by atoms with E-state index in [1.54, 1.807) is 6.92 Å². The Kier molecular flexibility index (Phi) is 4.38. The first-order valence-corrected chi connectivity index (χ1v) is 8.91. The van der Waals surface area contributed by atoms with Gasteiger partial charge in [0.15, 0.2) is 5.65 Å². The van der Waals surface area contributed by atoms with Crippen molar-refractivity contribution in [3.8, 4) is 16.9 Å². The van der Waals surface area contributed by atoms with Crippen LogP contribution in [0.15, 0.2) is 50.5 Å². The second kappa shape index (κ2) is 6.90. The molecule has 0 radical (unpaired) electrons. The lowest BCUT2D eigenvalue weighted by molar-refractivity contribution is 0.438. The van der Waals surface area contributed by atoms with Crippen molar-refractivity contribution in [2.75, 3.05) is 5.32 Å². The smallest absolute Gasteiger partial charge is 0.347 e. The summed E-state index contributed by atoms with van der Waals surface area (Å²) in [6, 6.07) is 8.65. The highest BCUT2D eigenvalue weighted by molar-refractivity contribution is 5.93. The number of aromatic nitrogens is 3. The van der Waals surface area contributed by atoms with Crippen molar-refractivity contribution < 1.29 is 9.52 Å². The van der Waals surface area contributed by atoms with Crippen molar-refractivity contribution in [2.24, 2.45) is 0 Å². The van der Waals surface area contributed by atoms with Crippen molar-refractivity contribution in [3.63, 3.8) is 0 Å². The van der Waals surface area contributed by atoms with Gasteiger partial charge in [0.05, 0.1) is 5.39 Å². The predicted molar refractivity (Wildman–Crippen MR) is 110 cm³/mol. The third-order valence-corrected chi connectivity index (χ3v) is 4.57. The molecule has 0 aliphatic carbocycles. The Morgan fingerprint density at radius 2 is 1.90 bits per heavy atom. The zero-order valence-electron chi connectivity index (χ0n) is 16.0. The summed E-state index contributed by atoms with van der Waals surface area (Å²) in [5, 5.41) is 13.4. The number of pyridine rings is 1. The normalized spacial score (nSPS) is 11.0. The molecule has 3 aromatic heterocycles. The lowest BCUT2D eigenvalue weighted by atomic mass is 10.0. The fourth-order valence-corrected chi connectivity index (χ4v) is 3.26. The number of benzene rings is 1. The quantitative estimate of drug-likeness (QED) is 0.491. The van der Waals surface area contributed by atoms with Gasteiger partial charge >= 0.3 is 5.63 Å². The van der Waals surface area contributed by atoms with Crippen molar-refractivity contribution in [1.29, 1.82) is 0 Å². The molecule has 146 valence electrons. The zero-order chi connectivity index (χ0) is 20.7. The first-order valence-electron chi connectivity index (χ1n) is 8.91. The Balaban J connectivity index is 1.88. The first-order chi connectivity index (χ1) is 13.8. The van der Waals surface area contributed by atoms with Crippen LogP contribution in [0, 0.1) is 20.8 Å². The molecule has 0 amide bonds. The number of aryl methyl sites for hydroxylation is 3. The number of hydrogen-bond acceptors (Lipinski definition) is 7. The molecule has 0 spiro atoms. The van der Waals surface area contributed by atoms with E-state index in [4.69, 9.17) is 4.42 Å². The van der Waals surface area contributed by atoms with E-state index in [0.717, 1.165) is 16.8 Å². The number of fused-ring (bicyclic) bond motifs is 1. The zero-order valence-corrected chi connectivity index (χ0v) is 16.0. The molecule has 0 bridgehead atoms. The van der Waals surface area contributed by atoms with Crippen LogP contribution in [0.1, 0.15) is 16.9 Å². The lowest BCUT2D eigenvalue weighted by Crippen LogP contribution is -2.14. The molecule has 1 aromatic carbocycles. The summed E-state index contributed by atoms with van der Waals surface area (Å²) in [6.07, 6.45) is 1.42. The van der Waals surface area contributed by atoms with E-state index >= 15 is 0 Å². The summed E-state index contributed by atoms with van der Waals surface area (Å²) < 4.78 is 5.08. The standard InChI is InChI=1S/C21H18N4O4/c1-10-4-5-14(11(2)8-10)23-21-24-18-17(19(27)25-21)13(6-7-22-18)16-15(26)9-12(3)29-20(16)28/h4-9,26H,1-3H3,(H2,22,23,24,25,27). The van der Waals surface area contributed by atoms with Crippen molar-refractivity contribution >= 4 is 22.7 Å². The molecule has 0 atom stereocenters. The van der Waals surface area contributed by atoms with Gasteiger partial charge in [0, 0.05) is 23.5 Å². The van der Waals surface area contributed by atoms with E-state index in [9.17, 15) is 14.7 Å². The Morgan fingerprint density at radius 3 is 2.62 bits per heavy atom. The van der Waals surface area contributed by atoms with Gasteiger partial charge in [-0.15, -0.1) is 0 Å². The number of nitrogens with one attached hydrogen (secondary N) is 2. The van der Waals surface area contributed by atoms with Crippen LogP contribution in [0.25, 0.3) is 22.2 Å². The molecule has 0 aliphatic rings. The van der Waals surface area contributed by atoms with Gasteiger partial charge in [0.1, 0.15) is 17.1 Å². The van der Waals surface area contributed by atoms with Gasteiger partial charge in [-0.05, 0) is 38.5 Å². The molecule has 3 heterocycles. The van der Waals surface area contributed by atoms with E-state index in [1.807, 2.05) is 32.0 Å². The maximum atomic E-state index is 12.8. The molecule has 0 unspecified atom stereocenters. The van der Waals surface area contributed by atoms with E-state index in [-0.39, 0.29) is 39.6 Å². The Morgan fingerprint density at radius 1 is 1.10 bits per heavy atom. The van der Waals surface area contributed by atoms with Crippen LogP contribution in [-0.2, 0) is 0 Å². The fourth-order valence-electron chi connectivity index (χ4n) is 3.26. The Hall–Kier alpha value is -3.94. The van der Waals surface area contributed by atoms with Crippen LogP contribution >= 0.6 is 0 Å². The third kappa shape index (κ3) is 3.36. The molecule has 8 heteroatoms. The van der Waals surface area contributed by atoms with E-state index in [0.29, 0.717) is 0 Å². The number of H-pyrrole nitrogens is 1.